The van der Waals surface area contributed by atoms with Gasteiger partial charge in [-0.1, -0.05) is 18.6 Å². The maximum Gasteiger partial charge on any atom is 0.341 e. The molecule has 1 aromatic heterocycles. The van der Waals surface area contributed by atoms with Crippen LogP contribution in [0.5, 0.6) is 0 Å². The van der Waals surface area contributed by atoms with E-state index in [4.69, 9.17) is 4.74 Å². The first-order valence-electron chi connectivity index (χ1n) is 9.96. The van der Waals surface area contributed by atoms with Gasteiger partial charge in [-0.05, 0) is 55.9 Å². The van der Waals surface area contributed by atoms with Crippen molar-refractivity contribution in [3.63, 3.8) is 0 Å². The number of carbonyl (C=O) groups excluding carboxylic acids is 2. The van der Waals surface area contributed by atoms with Gasteiger partial charge in [0.25, 0.3) is 0 Å². The van der Waals surface area contributed by atoms with Crippen molar-refractivity contribution in [2.24, 2.45) is 23.7 Å². The Labute approximate surface area is 168 Å². The number of rotatable bonds is 4. The quantitative estimate of drug-likeness (QED) is 0.455. The molecule has 1 heterocycles. The van der Waals surface area contributed by atoms with E-state index in [2.05, 4.69) is 5.32 Å². The lowest BCUT2D eigenvalue weighted by atomic mass is 9.62. The number of methoxy groups -OCH3 is 1. The molecule has 6 nitrogen and oxygen atoms in total. The summed E-state index contributed by atoms with van der Waals surface area (Å²) in [6.07, 6.45) is 10.5. The number of nitrogens with one attached hydrogen (secondary N) is 1. The molecule has 2 N–H and O–H groups in total. The number of aryl methyl sites for hydroxylation is 1. The van der Waals surface area contributed by atoms with Crippen molar-refractivity contribution < 1.29 is 24.2 Å². The van der Waals surface area contributed by atoms with E-state index >= 15 is 0 Å². The van der Waals surface area contributed by atoms with E-state index in [0.29, 0.717) is 10.6 Å². The molecule has 4 atom stereocenters. The van der Waals surface area contributed by atoms with Crippen LogP contribution in [0.1, 0.15) is 52.9 Å². The molecule has 7 heteroatoms. The molecule has 0 spiro atoms. The minimum Gasteiger partial charge on any atom is -0.481 e. The van der Waals surface area contributed by atoms with Gasteiger partial charge >= 0.3 is 11.9 Å². The molecule has 0 aromatic carbocycles. The van der Waals surface area contributed by atoms with Crippen LogP contribution >= 0.6 is 11.3 Å². The highest BCUT2D eigenvalue weighted by atomic mass is 32.1. The van der Waals surface area contributed by atoms with Crippen molar-refractivity contribution in [3.8, 4) is 0 Å². The predicted molar refractivity (Wildman–Crippen MR) is 106 cm³/mol. The number of fused-ring (bicyclic) bond motifs is 3. The Morgan fingerprint density at radius 3 is 2.39 bits per heavy atom. The summed E-state index contributed by atoms with van der Waals surface area (Å²) in [5.74, 6) is -3.13. The highest BCUT2D eigenvalue weighted by Gasteiger charge is 2.48. The third-order valence-corrected chi connectivity index (χ3v) is 7.59. The molecule has 4 aliphatic rings. The SMILES string of the molecule is COC(=O)c1c(NC(=O)[C@@H]2[C@@H](C(=O)O)[C@H]3C=C[C@H]2CC3)sc2c1CCCCC2. The summed E-state index contributed by atoms with van der Waals surface area (Å²) in [6, 6.07) is 0. The predicted octanol–water partition coefficient (Wildman–Crippen LogP) is 3.66. The number of ether oxygens (including phenoxy) is 1. The summed E-state index contributed by atoms with van der Waals surface area (Å²) in [6.45, 7) is 0. The fourth-order valence-electron chi connectivity index (χ4n) is 5.03. The first-order chi connectivity index (χ1) is 13.5. The summed E-state index contributed by atoms with van der Waals surface area (Å²) in [4.78, 5) is 38.6. The van der Waals surface area contributed by atoms with E-state index in [1.54, 1.807) is 0 Å². The average molecular weight is 404 g/mol. The Bertz CT molecular complexity index is 842. The van der Waals surface area contributed by atoms with Crippen LogP contribution in [0.3, 0.4) is 0 Å². The highest BCUT2D eigenvalue weighted by molar-refractivity contribution is 7.17. The molecule has 150 valence electrons. The fourth-order valence-corrected chi connectivity index (χ4v) is 6.31. The van der Waals surface area contributed by atoms with Crippen LogP contribution in [-0.2, 0) is 27.2 Å². The molecule has 4 aliphatic carbocycles. The largest absolute Gasteiger partial charge is 0.481 e. The van der Waals surface area contributed by atoms with Crippen LogP contribution in [0, 0.1) is 23.7 Å². The topological polar surface area (TPSA) is 92.7 Å². The first kappa shape index (κ1) is 19.2. The zero-order valence-electron chi connectivity index (χ0n) is 15.9. The number of amides is 1. The molecule has 0 saturated heterocycles. The number of esters is 1. The Morgan fingerprint density at radius 2 is 1.75 bits per heavy atom. The maximum atomic E-state index is 13.2. The maximum absolute atomic E-state index is 13.2. The van der Waals surface area contributed by atoms with Crippen molar-refractivity contribution in [1.82, 2.24) is 0 Å². The standard InChI is InChI=1S/C21H25NO5S/c1-27-21(26)17-13-5-3-2-4-6-14(13)28-19(17)22-18(23)15-11-7-9-12(10-8-11)16(15)20(24)25/h7,9,11-12,15-16H,2-6,8,10H2,1H3,(H,22,23)(H,24,25)/t11-,12-,15-,16-/m0/s1. The molecule has 1 fully saturated rings. The second kappa shape index (κ2) is 7.70. The lowest BCUT2D eigenvalue weighted by Gasteiger charge is -2.41. The molecule has 1 aromatic rings. The van der Waals surface area contributed by atoms with Crippen molar-refractivity contribution >= 4 is 34.2 Å². The summed E-state index contributed by atoms with van der Waals surface area (Å²) in [7, 11) is 1.35. The smallest absolute Gasteiger partial charge is 0.341 e. The Hall–Kier alpha value is -2.15. The molecule has 0 radical (unpaired) electrons. The van der Waals surface area contributed by atoms with Gasteiger partial charge in [-0.15, -0.1) is 11.3 Å². The number of allylic oxidation sites excluding steroid dienone is 2. The monoisotopic (exact) mass is 403 g/mol. The number of carboxylic acids is 1. The van der Waals surface area contributed by atoms with E-state index in [9.17, 15) is 19.5 Å². The number of thiophene rings is 1. The van der Waals surface area contributed by atoms with Crippen LogP contribution in [0.25, 0.3) is 0 Å². The van der Waals surface area contributed by atoms with Gasteiger partial charge in [0, 0.05) is 4.88 Å². The van der Waals surface area contributed by atoms with E-state index in [0.717, 1.165) is 55.4 Å². The number of anilines is 1. The van der Waals surface area contributed by atoms with Gasteiger partial charge in [0.15, 0.2) is 0 Å². The van der Waals surface area contributed by atoms with E-state index < -0.39 is 23.8 Å². The van der Waals surface area contributed by atoms with Gasteiger partial charge in [-0.3, -0.25) is 9.59 Å². The van der Waals surface area contributed by atoms with Crippen molar-refractivity contribution in [3.05, 3.63) is 28.2 Å². The number of aliphatic carboxylic acids is 1. The van der Waals surface area contributed by atoms with E-state index in [-0.39, 0.29) is 17.7 Å². The molecule has 2 bridgehead atoms. The molecule has 1 amide bonds. The normalized spacial score (nSPS) is 28.3. The van der Waals surface area contributed by atoms with Crippen LogP contribution in [0.4, 0.5) is 5.00 Å². The Kier molecular flexibility index (Phi) is 5.27. The van der Waals surface area contributed by atoms with Gasteiger partial charge < -0.3 is 15.2 Å². The van der Waals surface area contributed by atoms with Gasteiger partial charge in [0.1, 0.15) is 5.00 Å². The van der Waals surface area contributed by atoms with E-state index in [1.165, 1.54) is 18.4 Å². The van der Waals surface area contributed by atoms with Crippen LogP contribution in [-0.4, -0.2) is 30.1 Å². The molecule has 28 heavy (non-hydrogen) atoms. The Morgan fingerprint density at radius 1 is 1.07 bits per heavy atom. The van der Waals surface area contributed by atoms with Crippen molar-refractivity contribution in [2.75, 3.05) is 12.4 Å². The molecular weight excluding hydrogens is 378 g/mol. The van der Waals surface area contributed by atoms with E-state index in [1.807, 2.05) is 12.2 Å². The van der Waals surface area contributed by atoms with Crippen LogP contribution in [0.15, 0.2) is 12.2 Å². The van der Waals surface area contributed by atoms with Gasteiger partial charge in [0.2, 0.25) is 5.91 Å². The van der Waals surface area contributed by atoms with Gasteiger partial charge in [0.05, 0.1) is 24.5 Å². The van der Waals surface area contributed by atoms with Crippen molar-refractivity contribution in [2.45, 2.75) is 44.9 Å². The van der Waals surface area contributed by atoms with Crippen molar-refractivity contribution in [1.29, 1.82) is 0 Å². The summed E-state index contributed by atoms with van der Waals surface area (Å²) < 4.78 is 4.99. The minimum absolute atomic E-state index is 0.0644. The summed E-state index contributed by atoms with van der Waals surface area (Å²) in [5.41, 5.74) is 1.45. The Balaban J connectivity index is 1.65. The summed E-state index contributed by atoms with van der Waals surface area (Å²) >= 11 is 1.44. The lowest BCUT2D eigenvalue weighted by molar-refractivity contribution is -0.151. The third kappa shape index (κ3) is 3.26. The molecular formula is C21H25NO5S. The average Bonchev–Trinajstić information content (AvgIpc) is 2.87. The zero-order valence-corrected chi connectivity index (χ0v) is 16.7. The third-order valence-electron chi connectivity index (χ3n) is 6.38. The van der Waals surface area contributed by atoms with Crippen LogP contribution in [0.2, 0.25) is 0 Å². The lowest BCUT2D eigenvalue weighted by Crippen LogP contribution is -2.47. The number of carbonyl (C=O) groups is 3. The number of hydrogen-bond donors (Lipinski definition) is 2. The molecule has 5 rings (SSSR count). The summed E-state index contributed by atoms with van der Waals surface area (Å²) in [5, 5.41) is 13.1. The van der Waals surface area contributed by atoms with Crippen LogP contribution < -0.4 is 5.32 Å². The minimum atomic E-state index is -0.922. The second-order valence-corrected chi connectivity index (χ2v) is 9.03. The molecule has 1 saturated carbocycles. The van der Waals surface area contributed by atoms with Gasteiger partial charge in [-0.2, -0.15) is 0 Å². The first-order valence-corrected chi connectivity index (χ1v) is 10.8. The number of carboxylic acid groups (broad SMARTS) is 1. The van der Waals surface area contributed by atoms with Gasteiger partial charge in [-0.25, -0.2) is 4.79 Å². The molecule has 0 aliphatic heterocycles. The second-order valence-electron chi connectivity index (χ2n) is 7.93. The molecule has 0 unspecified atom stereocenters. The fraction of sp³-hybridized carbons (Fsp3) is 0.571. The zero-order chi connectivity index (χ0) is 19.8. The highest BCUT2D eigenvalue weighted by Crippen LogP contribution is 2.46. The number of hydrogen-bond acceptors (Lipinski definition) is 5.